The summed E-state index contributed by atoms with van der Waals surface area (Å²) >= 11 is 0. The van der Waals surface area contributed by atoms with Crippen LogP contribution in [0.15, 0.2) is 6.20 Å². The highest BCUT2D eigenvalue weighted by atomic mass is 16.3. The molecule has 0 atom stereocenters. The molecule has 16 heavy (non-hydrogen) atoms. The lowest BCUT2D eigenvalue weighted by Crippen LogP contribution is -2.47. The molecule has 0 unspecified atom stereocenters. The SMILES string of the molecule is Cc1nn(C)cc1N1CCN(CCO)CC1. The number of aromatic nitrogens is 2. The molecule has 90 valence electrons. The number of hydrogen-bond donors (Lipinski definition) is 1. The van der Waals surface area contributed by atoms with Gasteiger partial charge in [-0.3, -0.25) is 9.58 Å². The lowest BCUT2D eigenvalue weighted by Gasteiger charge is -2.35. The zero-order valence-corrected chi connectivity index (χ0v) is 10.1. The third kappa shape index (κ3) is 2.36. The van der Waals surface area contributed by atoms with Crippen molar-refractivity contribution < 1.29 is 5.11 Å². The zero-order valence-electron chi connectivity index (χ0n) is 10.1. The number of aliphatic hydroxyl groups is 1. The molecule has 0 amide bonds. The minimum atomic E-state index is 0.256. The molecule has 1 aliphatic rings. The highest BCUT2D eigenvalue weighted by molar-refractivity contribution is 5.49. The van der Waals surface area contributed by atoms with E-state index in [-0.39, 0.29) is 6.61 Å². The summed E-state index contributed by atoms with van der Waals surface area (Å²) in [7, 11) is 1.96. The fraction of sp³-hybridized carbons (Fsp3) is 0.727. The number of β-amino-alcohol motifs (C(OH)–C–C–N with tert-alkyl or cyclic N) is 1. The third-order valence-electron chi connectivity index (χ3n) is 3.12. The number of anilines is 1. The molecular formula is C11H20N4O. The number of hydrogen-bond acceptors (Lipinski definition) is 4. The summed E-state index contributed by atoms with van der Waals surface area (Å²) in [6.07, 6.45) is 2.08. The smallest absolute Gasteiger partial charge is 0.0827 e. The van der Waals surface area contributed by atoms with Gasteiger partial charge in [0.1, 0.15) is 0 Å². The van der Waals surface area contributed by atoms with Crippen molar-refractivity contribution in [1.29, 1.82) is 0 Å². The van der Waals surface area contributed by atoms with Gasteiger partial charge in [-0.05, 0) is 6.92 Å². The summed E-state index contributed by atoms with van der Waals surface area (Å²) in [6.45, 7) is 7.18. The standard InChI is InChI=1S/C11H20N4O/c1-10-11(9-13(2)12-10)15-5-3-14(4-6-15)7-8-16/h9,16H,3-8H2,1-2H3. The molecular weight excluding hydrogens is 204 g/mol. The van der Waals surface area contributed by atoms with E-state index in [1.54, 1.807) is 0 Å². The Kier molecular flexibility index (Phi) is 3.46. The fourth-order valence-corrected chi connectivity index (χ4v) is 2.25. The topological polar surface area (TPSA) is 44.5 Å². The van der Waals surface area contributed by atoms with Gasteiger partial charge in [0.05, 0.1) is 18.0 Å². The maximum atomic E-state index is 8.88. The molecule has 0 aromatic carbocycles. The number of aryl methyl sites for hydroxylation is 2. The molecule has 1 saturated heterocycles. The van der Waals surface area contributed by atoms with Crippen molar-refractivity contribution in [3.8, 4) is 0 Å². The van der Waals surface area contributed by atoms with E-state index >= 15 is 0 Å². The first-order valence-electron chi connectivity index (χ1n) is 5.79. The first kappa shape index (κ1) is 11.4. The van der Waals surface area contributed by atoms with E-state index in [1.807, 2.05) is 11.7 Å². The van der Waals surface area contributed by atoms with Crippen LogP contribution in [0, 0.1) is 6.92 Å². The van der Waals surface area contributed by atoms with Crippen LogP contribution >= 0.6 is 0 Å². The van der Waals surface area contributed by atoms with Crippen LogP contribution in [-0.2, 0) is 7.05 Å². The van der Waals surface area contributed by atoms with E-state index in [0.29, 0.717) is 0 Å². The number of rotatable bonds is 3. The van der Waals surface area contributed by atoms with Crippen LogP contribution in [0.5, 0.6) is 0 Å². The van der Waals surface area contributed by atoms with Gasteiger partial charge < -0.3 is 10.0 Å². The average molecular weight is 224 g/mol. The quantitative estimate of drug-likeness (QED) is 0.775. The monoisotopic (exact) mass is 224 g/mol. The van der Waals surface area contributed by atoms with Crippen LogP contribution in [0.25, 0.3) is 0 Å². The van der Waals surface area contributed by atoms with Crippen LogP contribution in [0.2, 0.25) is 0 Å². The van der Waals surface area contributed by atoms with Gasteiger partial charge in [-0.1, -0.05) is 0 Å². The molecule has 0 bridgehead atoms. The van der Waals surface area contributed by atoms with Gasteiger partial charge >= 0.3 is 0 Å². The van der Waals surface area contributed by atoms with Gasteiger partial charge in [-0.15, -0.1) is 0 Å². The van der Waals surface area contributed by atoms with Crippen LogP contribution in [-0.4, -0.2) is 59.1 Å². The Bertz CT molecular complexity index is 342. The van der Waals surface area contributed by atoms with Crippen LogP contribution in [0.3, 0.4) is 0 Å². The molecule has 1 aromatic rings. The summed E-state index contributed by atoms with van der Waals surface area (Å²) in [5.74, 6) is 0. The molecule has 2 rings (SSSR count). The van der Waals surface area contributed by atoms with E-state index in [1.165, 1.54) is 5.69 Å². The van der Waals surface area contributed by atoms with E-state index < -0.39 is 0 Å². The number of aliphatic hydroxyl groups excluding tert-OH is 1. The minimum absolute atomic E-state index is 0.256. The van der Waals surface area contributed by atoms with Gasteiger partial charge in [0.25, 0.3) is 0 Å². The summed E-state index contributed by atoms with van der Waals surface area (Å²) < 4.78 is 1.87. The van der Waals surface area contributed by atoms with Crippen molar-refractivity contribution in [3.05, 3.63) is 11.9 Å². The third-order valence-corrected chi connectivity index (χ3v) is 3.12. The first-order chi connectivity index (χ1) is 7.70. The lowest BCUT2D eigenvalue weighted by molar-refractivity contribution is 0.188. The normalized spacial score (nSPS) is 18.1. The maximum absolute atomic E-state index is 8.88. The lowest BCUT2D eigenvalue weighted by atomic mass is 10.2. The van der Waals surface area contributed by atoms with Gasteiger partial charge in [-0.2, -0.15) is 5.10 Å². The predicted octanol–water partition coefficient (Wildman–Crippen LogP) is -0.157. The summed E-state index contributed by atoms with van der Waals surface area (Å²) in [6, 6.07) is 0. The molecule has 5 nitrogen and oxygen atoms in total. The van der Waals surface area contributed by atoms with Crippen molar-refractivity contribution >= 4 is 5.69 Å². The van der Waals surface area contributed by atoms with Gasteiger partial charge in [-0.25, -0.2) is 0 Å². The Morgan fingerprint density at radius 2 is 2.00 bits per heavy atom. The van der Waals surface area contributed by atoms with E-state index in [9.17, 15) is 0 Å². The predicted molar refractivity (Wildman–Crippen MR) is 63.7 cm³/mol. The van der Waals surface area contributed by atoms with Gasteiger partial charge in [0.2, 0.25) is 0 Å². The summed E-state index contributed by atoms with van der Waals surface area (Å²) in [5, 5.41) is 13.2. The molecule has 0 spiro atoms. The van der Waals surface area contributed by atoms with Gasteiger partial charge in [0, 0.05) is 46.0 Å². The van der Waals surface area contributed by atoms with Crippen molar-refractivity contribution in [2.75, 3.05) is 44.2 Å². The number of nitrogens with zero attached hydrogens (tertiary/aromatic N) is 4. The van der Waals surface area contributed by atoms with E-state index in [2.05, 4.69) is 28.0 Å². The Hall–Kier alpha value is -1.07. The van der Waals surface area contributed by atoms with Crippen LogP contribution < -0.4 is 4.90 Å². The Morgan fingerprint density at radius 3 is 2.50 bits per heavy atom. The van der Waals surface area contributed by atoms with Crippen LogP contribution in [0.4, 0.5) is 5.69 Å². The highest BCUT2D eigenvalue weighted by Gasteiger charge is 2.19. The Morgan fingerprint density at radius 1 is 1.31 bits per heavy atom. The van der Waals surface area contributed by atoms with Crippen LogP contribution in [0.1, 0.15) is 5.69 Å². The Labute approximate surface area is 96.3 Å². The minimum Gasteiger partial charge on any atom is -0.395 e. The molecule has 1 fully saturated rings. The largest absolute Gasteiger partial charge is 0.395 e. The zero-order chi connectivity index (χ0) is 11.5. The maximum Gasteiger partial charge on any atom is 0.0827 e. The second-order valence-electron chi connectivity index (χ2n) is 4.33. The average Bonchev–Trinajstić information content (AvgIpc) is 2.59. The van der Waals surface area contributed by atoms with Crippen molar-refractivity contribution in [3.63, 3.8) is 0 Å². The van der Waals surface area contributed by atoms with E-state index in [0.717, 1.165) is 38.4 Å². The summed E-state index contributed by atoms with van der Waals surface area (Å²) in [5.41, 5.74) is 2.34. The van der Waals surface area contributed by atoms with Crippen molar-refractivity contribution in [2.24, 2.45) is 7.05 Å². The fourth-order valence-electron chi connectivity index (χ4n) is 2.25. The molecule has 2 heterocycles. The van der Waals surface area contributed by atoms with Crippen molar-refractivity contribution in [1.82, 2.24) is 14.7 Å². The van der Waals surface area contributed by atoms with Gasteiger partial charge in [0.15, 0.2) is 0 Å². The van der Waals surface area contributed by atoms with E-state index in [4.69, 9.17) is 5.11 Å². The molecule has 5 heteroatoms. The second-order valence-corrected chi connectivity index (χ2v) is 4.33. The molecule has 0 saturated carbocycles. The Balaban J connectivity index is 1.96. The molecule has 0 aliphatic carbocycles. The molecule has 1 N–H and O–H groups in total. The highest BCUT2D eigenvalue weighted by Crippen LogP contribution is 2.19. The first-order valence-corrected chi connectivity index (χ1v) is 5.79. The number of piperazine rings is 1. The molecule has 0 radical (unpaired) electrons. The second kappa shape index (κ2) is 4.84. The molecule has 1 aromatic heterocycles. The molecule has 1 aliphatic heterocycles. The summed E-state index contributed by atoms with van der Waals surface area (Å²) in [4.78, 5) is 4.67. The van der Waals surface area contributed by atoms with Crippen molar-refractivity contribution in [2.45, 2.75) is 6.92 Å².